The van der Waals surface area contributed by atoms with Crippen LogP contribution in [0.4, 0.5) is 0 Å². The zero-order chi connectivity index (χ0) is 20.4. The summed E-state index contributed by atoms with van der Waals surface area (Å²) < 4.78 is 23.1. The molecule has 0 aromatic heterocycles. The Morgan fingerprint density at radius 2 is 2.03 bits per heavy atom. The van der Waals surface area contributed by atoms with Crippen molar-refractivity contribution in [3.63, 3.8) is 0 Å². The lowest BCUT2D eigenvalue weighted by Gasteiger charge is -2.39. The van der Waals surface area contributed by atoms with Gasteiger partial charge in [-0.3, -0.25) is 9.69 Å². The Labute approximate surface area is 170 Å². The lowest BCUT2D eigenvalue weighted by molar-refractivity contribution is -0.155. The molecule has 3 heterocycles. The molecule has 0 unspecified atom stereocenters. The SMILES string of the molecule is COC1=C[C@]23CCCN2CCc2cc4c(cc2[C@@H]3[C@@H]1OC(=O)C(C)(C)N)OCO4. The number of nitrogens with two attached hydrogens (primary N) is 1. The summed E-state index contributed by atoms with van der Waals surface area (Å²) in [7, 11) is 1.64. The van der Waals surface area contributed by atoms with E-state index in [-0.39, 0.29) is 18.2 Å². The van der Waals surface area contributed by atoms with Crippen LogP contribution in [0.2, 0.25) is 0 Å². The molecule has 0 amide bonds. The molecule has 0 bridgehead atoms. The van der Waals surface area contributed by atoms with Crippen molar-refractivity contribution in [1.82, 2.24) is 4.90 Å². The van der Waals surface area contributed by atoms with Gasteiger partial charge in [0.1, 0.15) is 11.3 Å². The van der Waals surface area contributed by atoms with Crippen molar-refractivity contribution in [3.05, 3.63) is 35.1 Å². The largest absolute Gasteiger partial charge is 0.497 e. The zero-order valence-corrected chi connectivity index (χ0v) is 17.2. The zero-order valence-electron chi connectivity index (χ0n) is 17.2. The average molecular weight is 400 g/mol. The summed E-state index contributed by atoms with van der Waals surface area (Å²) in [6.45, 7) is 5.53. The molecule has 1 saturated heterocycles. The summed E-state index contributed by atoms with van der Waals surface area (Å²) in [5.41, 5.74) is 7.09. The topological polar surface area (TPSA) is 83.3 Å². The fourth-order valence-electron chi connectivity index (χ4n) is 5.36. The minimum Gasteiger partial charge on any atom is -0.497 e. The highest BCUT2D eigenvalue weighted by molar-refractivity contribution is 5.80. The molecule has 0 radical (unpaired) electrons. The van der Waals surface area contributed by atoms with Gasteiger partial charge in [0.2, 0.25) is 6.79 Å². The molecule has 7 nitrogen and oxygen atoms in total. The van der Waals surface area contributed by atoms with Crippen molar-refractivity contribution < 1.29 is 23.7 Å². The molecule has 3 atom stereocenters. The van der Waals surface area contributed by atoms with E-state index in [9.17, 15) is 4.79 Å². The second-order valence-corrected chi connectivity index (χ2v) is 9.01. The van der Waals surface area contributed by atoms with Crippen molar-refractivity contribution in [2.24, 2.45) is 5.73 Å². The fraction of sp³-hybridized carbons (Fsp3) is 0.591. The third-order valence-corrected chi connectivity index (χ3v) is 6.72. The maximum atomic E-state index is 12.7. The summed E-state index contributed by atoms with van der Waals surface area (Å²) in [5.74, 6) is 1.73. The van der Waals surface area contributed by atoms with E-state index in [1.54, 1.807) is 21.0 Å². The predicted octanol–water partition coefficient (Wildman–Crippen LogP) is 2.08. The molecule has 1 spiro atoms. The molecule has 4 aliphatic rings. The number of hydrogen-bond acceptors (Lipinski definition) is 7. The van der Waals surface area contributed by atoms with Crippen LogP contribution < -0.4 is 15.2 Å². The van der Waals surface area contributed by atoms with E-state index in [1.807, 2.05) is 0 Å². The maximum absolute atomic E-state index is 12.7. The predicted molar refractivity (Wildman–Crippen MR) is 106 cm³/mol. The number of methoxy groups -OCH3 is 1. The van der Waals surface area contributed by atoms with Crippen LogP contribution in [0.3, 0.4) is 0 Å². The highest BCUT2D eigenvalue weighted by atomic mass is 16.7. The number of fused-ring (bicyclic) bond motifs is 3. The van der Waals surface area contributed by atoms with E-state index in [0.29, 0.717) is 5.76 Å². The molecule has 3 aliphatic heterocycles. The Balaban J connectivity index is 1.65. The number of esters is 1. The maximum Gasteiger partial charge on any atom is 0.326 e. The molecule has 1 aromatic rings. The molecule has 0 saturated carbocycles. The van der Waals surface area contributed by atoms with E-state index in [0.717, 1.165) is 49.4 Å². The standard InChI is InChI=1S/C22H28N2O5/c1-21(2,23)20(25)29-19-17(26-3)11-22-6-4-7-24(22)8-5-13-9-15-16(28-12-27-15)10-14(13)18(19)22/h9-11,18-19H,4-8,12,23H2,1-3H3/t18-,19-,22+/m1/s1. The quantitative estimate of drug-likeness (QED) is 0.778. The Morgan fingerprint density at radius 3 is 2.76 bits per heavy atom. The van der Waals surface area contributed by atoms with Gasteiger partial charge in [0.25, 0.3) is 0 Å². The van der Waals surface area contributed by atoms with Gasteiger partial charge in [0.05, 0.1) is 18.6 Å². The molecular weight excluding hydrogens is 372 g/mol. The summed E-state index contributed by atoms with van der Waals surface area (Å²) in [6, 6.07) is 4.16. The average Bonchev–Trinajstić information content (AvgIpc) is 3.35. The highest BCUT2D eigenvalue weighted by Crippen LogP contribution is 2.55. The first-order chi connectivity index (χ1) is 13.8. The Bertz CT molecular complexity index is 890. The van der Waals surface area contributed by atoms with Crippen molar-refractivity contribution in [2.75, 3.05) is 27.0 Å². The summed E-state index contributed by atoms with van der Waals surface area (Å²) in [6.07, 6.45) is 4.69. The molecule has 7 heteroatoms. The van der Waals surface area contributed by atoms with Crippen LogP contribution in [0.15, 0.2) is 24.0 Å². The first-order valence-electron chi connectivity index (χ1n) is 10.3. The van der Waals surface area contributed by atoms with Crippen LogP contribution in [0.25, 0.3) is 0 Å². The number of rotatable bonds is 3. The molecule has 156 valence electrons. The van der Waals surface area contributed by atoms with Crippen molar-refractivity contribution in [2.45, 2.75) is 56.2 Å². The van der Waals surface area contributed by atoms with E-state index < -0.39 is 17.6 Å². The van der Waals surface area contributed by atoms with Crippen molar-refractivity contribution >= 4 is 5.97 Å². The van der Waals surface area contributed by atoms with Crippen LogP contribution in [0.5, 0.6) is 11.5 Å². The number of ether oxygens (including phenoxy) is 4. The van der Waals surface area contributed by atoms with Crippen LogP contribution in [0.1, 0.15) is 43.7 Å². The number of carbonyl (C=O) groups is 1. The molecule has 1 aromatic carbocycles. The van der Waals surface area contributed by atoms with Gasteiger partial charge >= 0.3 is 5.97 Å². The summed E-state index contributed by atoms with van der Waals surface area (Å²) >= 11 is 0. The lowest BCUT2D eigenvalue weighted by atomic mass is 9.77. The van der Waals surface area contributed by atoms with Gasteiger partial charge in [0, 0.05) is 6.54 Å². The number of hydrogen-bond donors (Lipinski definition) is 1. The third-order valence-electron chi connectivity index (χ3n) is 6.72. The minimum absolute atomic E-state index is 0.0711. The van der Waals surface area contributed by atoms with Crippen LogP contribution in [-0.4, -0.2) is 55.0 Å². The first-order valence-corrected chi connectivity index (χ1v) is 10.3. The minimum atomic E-state index is -1.08. The van der Waals surface area contributed by atoms with Crippen LogP contribution in [-0.2, 0) is 20.7 Å². The Kier molecular flexibility index (Phi) is 4.12. The van der Waals surface area contributed by atoms with E-state index in [2.05, 4.69) is 23.1 Å². The van der Waals surface area contributed by atoms with Gasteiger partial charge in [-0.05, 0) is 69.0 Å². The molecular formula is C22H28N2O5. The lowest BCUT2D eigenvalue weighted by Crippen LogP contribution is -2.49. The number of carbonyl (C=O) groups excluding carboxylic acids is 1. The smallest absolute Gasteiger partial charge is 0.326 e. The Hall–Kier alpha value is -2.25. The van der Waals surface area contributed by atoms with Gasteiger partial charge in [-0.2, -0.15) is 0 Å². The fourth-order valence-corrected chi connectivity index (χ4v) is 5.36. The normalized spacial score (nSPS) is 30.1. The van der Waals surface area contributed by atoms with Crippen LogP contribution >= 0.6 is 0 Å². The van der Waals surface area contributed by atoms with Gasteiger partial charge in [-0.25, -0.2) is 0 Å². The van der Waals surface area contributed by atoms with Crippen LogP contribution in [0, 0.1) is 0 Å². The second kappa shape index (κ2) is 6.37. The molecule has 2 N–H and O–H groups in total. The number of benzene rings is 1. The van der Waals surface area contributed by atoms with Crippen molar-refractivity contribution in [3.8, 4) is 11.5 Å². The second-order valence-electron chi connectivity index (χ2n) is 9.01. The molecule has 29 heavy (non-hydrogen) atoms. The van der Waals surface area contributed by atoms with E-state index in [4.69, 9.17) is 24.7 Å². The van der Waals surface area contributed by atoms with E-state index in [1.165, 1.54) is 5.56 Å². The Morgan fingerprint density at radius 1 is 1.28 bits per heavy atom. The summed E-state index contributed by atoms with van der Waals surface area (Å²) in [5, 5.41) is 0. The molecule has 1 aliphatic carbocycles. The van der Waals surface area contributed by atoms with Crippen molar-refractivity contribution in [1.29, 1.82) is 0 Å². The number of nitrogens with zero attached hydrogens (tertiary/aromatic N) is 1. The van der Waals surface area contributed by atoms with Gasteiger partial charge in [-0.1, -0.05) is 0 Å². The molecule has 1 fully saturated rings. The molecule has 5 rings (SSSR count). The van der Waals surface area contributed by atoms with Gasteiger partial charge in [-0.15, -0.1) is 0 Å². The summed E-state index contributed by atoms with van der Waals surface area (Å²) in [4.78, 5) is 15.3. The monoisotopic (exact) mass is 400 g/mol. The first kappa shape index (κ1) is 18.8. The third kappa shape index (κ3) is 2.74. The van der Waals surface area contributed by atoms with E-state index >= 15 is 0 Å². The van der Waals surface area contributed by atoms with Gasteiger partial charge in [0.15, 0.2) is 17.6 Å². The highest BCUT2D eigenvalue weighted by Gasteiger charge is 2.58. The van der Waals surface area contributed by atoms with Gasteiger partial charge < -0.3 is 24.7 Å².